The number of aromatic nitrogens is 1. The Hall–Kier alpha value is -2.88. The molecule has 2 heterocycles. The maximum atomic E-state index is 12.7. The van der Waals surface area contributed by atoms with E-state index in [0.29, 0.717) is 18.7 Å². The van der Waals surface area contributed by atoms with Gasteiger partial charge in [0, 0.05) is 61.6 Å². The van der Waals surface area contributed by atoms with Crippen LogP contribution in [0.3, 0.4) is 0 Å². The van der Waals surface area contributed by atoms with Crippen LogP contribution in [0, 0.1) is 12.3 Å². The average Bonchev–Trinajstić information content (AvgIpc) is 3.09. The number of piperidine rings is 1. The first-order chi connectivity index (χ1) is 13.6. The lowest BCUT2D eigenvalue weighted by atomic mass is 9.89. The van der Waals surface area contributed by atoms with Gasteiger partial charge in [0.25, 0.3) is 0 Å². The van der Waals surface area contributed by atoms with E-state index in [1.807, 2.05) is 65.2 Å². The Bertz CT molecular complexity index is 982. The number of likely N-dealkylation sites (tertiary alicyclic amines) is 1. The van der Waals surface area contributed by atoms with Gasteiger partial charge >= 0.3 is 0 Å². The molecule has 4 nitrogen and oxygen atoms in total. The molecule has 1 aliphatic rings. The summed E-state index contributed by atoms with van der Waals surface area (Å²) in [5, 5.41) is 0.954. The first kappa shape index (κ1) is 18.5. The van der Waals surface area contributed by atoms with E-state index in [4.69, 9.17) is 0 Å². The highest BCUT2D eigenvalue weighted by atomic mass is 16.2. The Labute approximate surface area is 165 Å². The number of nitrogens with zero attached hydrogens (tertiary/aromatic N) is 2. The van der Waals surface area contributed by atoms with Gasteiger partial charge in [-0.15, -0.1) is 0 Å². The van der Waals surface area contributed by atoms with Gasteiger partial charge < -0.3 is 9.47 Å². The molecule has 1 fully saturated rings. The lowest BCUT2D eigenvalue weighted by Gasteiger charge is -2.31. The predicted octanol–water partition coefficient (Wildman–Crippen LogP) is 4.20. The van der Waals surface area contributed by atoms with Crippen LogP contribution in [0.4, 0.5) is 0 Å². The minimum Gasteiger partial charge on any atom is -0.350 e. The summed E-state index contributed by atoms with van der Waals surface area (Å²) in [7, 11) is 1.94. The van der Waals surface area contributed by atoms with Crippen LogP contribution in [-0.4, -0.2) is 34.2 Å². The average molecular weight is 372 g/mol. The summed E-state index contributed by atoms with van der Waals surface area (Å²) in [5.41, 5.74) is 2.96. The first-order valence-electron chi connectivity index (χ1n) is 9.73. The Morgan fingerprint density at radius 2 is 1.71 bits per heavy atom. The van der Waals surface area contributed by atoms with Crippen LogP contribution in [0.15, 0.2) is 60.8 Å². The molecule has 28 heavy (non-hydrogen) atoms. The second-order valence-electron chi connectivity index (χ2n) is 7.28. The molecule has 2 radical (unpaired) electrons. The molecule has 0 spiro atoms. The van der Waals surface area contributed by atoms with Crippen LogP contribution >= 0.6 is 0 Å². The van der Waals surface area contributed by atoms with Gasteiger partial charge in [0.05, 0.1) is 0 Å². The molecule has 1 aliphatic heterocycles. The molecule has 2 aromatic carbocycles. The molecule has 1 amide bonds. The van der Waals surface area contributed by atoms with Crippen molar-refractivity contribution in [2.45, 2.75) is 19.3 Å². The normalized spacial score (nSPS) is 15.1. The van der Waals surface area contributed by atoms with E-state index in [1.54, 1.807) is 0 Å². The van der Waals surface area contributed by atoms with Gasteiger partial charge in [-0.25, -0.2) is 0 Å². The van der Waals surface area contributed by atoms with Crippen molar-refractivity contribution in [3.63, 3.8) is 0 Å². The van der Waals surface area contributed by atoms with Crippen molar-refractivity contribution in [1.29, 1.82) is 0 Å². The fourth-order valence-electron chi connectivity index (χ4n) is 3.89. The number of amides is 1. The standard InChI is InChI=1S/C24H24N2O2/c1-25-17-21(20-9-5-6-10-22(20)25)23(27)11-12-24(28)26-15-13-19(14-16-26)18-7-3-2-4-8-18/h2-10,13,17H,11-12,14-16H2,1H3. The molecule has 4 rings (SSSR count). The number of ketones is 1. The molecule has 0 N–H and O–H groups in total. The highest BCUT2D eigenvalue weighted by Crippen LogP contribution is 2.27. The molecule has 0 aliphatic carbocycles. The lowest BCUT2D eigenvalue weighted by molar-refractivity contribution is -0.131. The van der Waals surface area contributed by atoms with Crippen LogP contribution in [0.5, 0.6) is 0 Å². The zero-order valence-corrected chi connectivity index (χ0v) is 16.1. The molecular formula is C24H24N2O2. The zero-order valence-electron chi connectivity index (χ0n) is 16.1. The van der Waals surface area contributed by atoms with Crippen molar-refractivity contribution in [3.05, 3.63) is 84.3 Å². The van der Waals surface area contributed by atoms with E-state index in [-0.39, 0.29) is 24.5 Å². The van der Waals surface area contributed by atoms with Gasteiger partial charge in [-0.2, -0.15) is 0 Å². The smallest absolute Gasteiger partial charge is 0.223 e. The van der Waals surface area contributed by atoms with Crippen LogP contribution in [0.2, 0.25) is 0 Å². The number of benzene rings is 2. The second kappa shape index (κ2) is 8.01. The quantitative estimate of drug-likeness (QED) is 0.630. The number of para-hydroxylation sites is 1. The molecule has 3 aromatic rings. The Balaban J connectivity index is 1.33. The van der Waals surface area contributed by atoms with Gasteiger partial charge in [0.2, 0.25) is 5.91 Å². The molecule has 4 heteroatoms. The van der Waals surface area contributed by atoms with E-state index in [9.17, 15) is 9.59 Å². The Morgan fingerprint density at radius 3 is 2.46 bits per heavy atom. The highest BCUT2D eigenvalue weighted by Gasteiger charge is 2.25. The molecule has 142 valence electrons. The summed E-state index contributed by atoms with van der Waals surface area (Å²) in [6.45, 7) is 1.33. The molecular weight excluding hydrogens is 348 g/mol. The van der Waals surface area contributed by atoms with Gasteiger partial charge in [-0.1, -0.05) is 48.5 Å². The molecule has 0 atom stereocenters. The van der Waals surface area contributed by atoms with Crippen LogP contribution in [0.25, 0.3) is 10.9 Å². The van der Waals surface area contributed by atoms with Crippen molar-refractivity contribution >= 4 is 22.6 Å². The number of Topliss-reactive ketones (excluding diaryl/α,β-unsaturated/α-hetero) is 1. The van der Waals surface area contributed by atoms with Crippen LogP contribution in [0.1, 0.15) is 35.2 Å². The monoisotopic (exact) mass is 372 g/mol. The zero-order chi connectivity index (χ0) is 19.5. The highest BCUT2D eigenvalue weighted by molar-refractivity contribution is 6.08. The second-order valence-corrected chi connectivity index (χ2v) is 7.28. The molecule has 0 saturated carbocycles. The number of aryl methyl sites for hydroxylation is 1. The van der Waals surface area contributed by atoms with Gasteiger partial charge in [0.15, 0.2) is 5.78 Å². The third kappa shape index (κ3) is 3.72. The van der Waals surface area contributed by atoms with Crippen molar-refractivity contribution in [1.82, 2.24) is 9.47 Å². The molecule has 1 saturated heterocycles. The first-order valence-corrected chi connectivity index (χ1v) is 9.73. The number of hydrogen-bond donors (Lipinski definition) is 0. The summed E-state index contributed by atoms with van der Waals surface area (Å²) < 4.78 is 1.96. The van der Waals surface area contributed by atoms with Gasteiger partial charge in [0.1, 0.15) is 0 Å². The summed E-state index contributed by atoms with van der Waals surface area (Å²) in [6.07, 6.45) is 5.36. The fourth-order valence-corrected chi connectivity index (χ4v) is 3.89. The topological polar surface area (TPSA) is 42.3 Å². The Morgan fingerprint density at radius 1 is 0.964 bits per heavy atom. The molecule has 1 aromatic heterocycles. The largest absolute Gasteiger partial charge is 0.350 e. The van der Waals surface area contributed by atoms with Crippen LogP contribution < -0.4 is 0 Å². The van der Waals surface area contributed by atoms with Gasteiger partial charge in [-0.05, 0) is 24.5 Å². The van der Waals surface area contributed by atoms with E-state index in [2.05, 4.69) is 18.6 Å². The van der Waals surface area contributed by atoms with E-state index < -0.39 is 0 Å². The number of fused-ring (bicyclic) bond motifs is 1. The van der Waals surface area contributed by atoms with Crippen molar-refractivity contribution in [3.8, 4) is 0 Å². The van der Waals surface area contributed by atoms with E-state index >= 15 is 0 Å². The number of rotatable bonds is 5. The van der Waals surface area contributed by atoms with E-state index in [1.165, 1.54) is 11.5 Å². The fraction of sp³-hybridized carbons (Fsp3) is 0.250. The van der Waals surface area contributed by atoms with Crippen molar-refractivity contribution < 1.29 is 9.59 Å². The maximum Gasteiger partial charge on any atom is 0.223 e. The predicted molar refractivity (Wildman–Crippen MR) is 111 cm³/mol. The molecule has 0 bridgehead atoms. The lowest BCUT2D eigenvalue weighted by Crippen LogP contribution is -2.38. The SMILES string of the molecule is Cn1cc(C(=O)CCC(=O)N2C[CH][C](c3ccccc3)CC2)c2ccccc21. The minimum atomic E-state index is 0.0303. The van der Waals surface area contributed by atoms with Crippen molar-refractivity contribution in [2.24, 2.45) is 7.05 Å². The van der Waals surface area contributed by atoms with E-state index in [0.717, 1.165) is 17.3 Å². The third-order valence-electron chi connectivity index (χ3n) is 5.47. The summed E-state index contributed by atoms with van der Waals surface area (Å²) in [5.74, 6) is 1.37. The molecule has 0 unspecified atom stereocenters. The van der Waals surface area contributed by atoms with Gasteiger partial charge in [-0.3, -0.25) is 9.59 Å². The minimum absolute atomic E-state index is 0.0303. The maximum absolute atomic E-state index is 12.7. The summed E-state index contributed by atoms with van der Waals surface area (Å²) >= 11 is 0. The number of carbonyl (C=O) groups is 2. The van der Waals surface area contributed by atoms with Crippen LogP contribution in [-0.2, 0) is 11.8 Å². The third-order valence-corrected chi connectivity index (χ3v) is 5.47. The number of hydrogen-bond acceptors (Lipinski definition) is 2. The summed E-state index contributed by atoms with van der Waals surface area (Å²) in [6, 6.07) is 18.2. The number of carbonyl (C=O) groups excluding carboxylic acids is 2. The summed E-state index contributed by atoms with van der Waals surface area (Å²) in [4.78, 5) is 27.1. The van der Waals surface area contributed by atoms with Crippen molar-refractivity contribution in [2.75, 3.05) is 13.1 Å². The Kier molecular flexibility index (Phi) is 5.29.